The lowest BCUT2D eigenvalue weighted by atomic mass is 9.87. The lowest BCUT2D eigenvalue weighted by molar-refractivity contribution is 0.174. The lowest BCUT2D eigenvalue weighted by Crippen LogP contribution is -2.39. The summed E-state index contributed by atoms with van der Waals surface area (Å²) in [6.45, 7) is 6.24. The molecule has 2 saturated carbocycles. The molecule has 0 radical (unpaired) electrons. The van der Waals surface area contributed by atoms with Gasteiger partial charge in [-0.15, -0.1) is 0 Å². The molecule has 2 aliphatic carbocycles. The summed E-state index contributed by atoms with van der Waals surface area (Å²) in [6, 6.07) is 17.6. The zero-order valence-electron chi connectivity index (χ0n) is 25.7. The van der Waals surface area contributed by atoms with Gasteiger partial charge in [-0.3, -0.25) is 0 Å². The van der Waals surface area contributed by atoms with Crippen molar-refractivity contribution in [2.75, 3.05) is 50.7 Å². The van der Waals surface area contributed by atoms with Gasteiger partial charge >= 0.3 is 6.01 Å². The third kappa shape index (κ3) is 5.99. The number of anilines is 2. The Kier molecular flexibility index (Phi) is 7.80. The van der Waals surface area contributed by atoms with E-state index in [-0.39, 0.29) is 11.6 Å². The fourth-order valence-corrected chi connectivity index (χ4v) is 6.85. The number of likely N-dealkylation sites (tertiary alicyclic amines) is 1. The van der Waals surface area contributed by atoms with E-state index >= 15 is 0 Å². The standard InChI is InChI=1S/C34H43N7O2/c1-23-7-4-8-24-9-5-11-30(31(23)24)41-16-12-28-29(19-41)38-33(43-20-27-10-6-15-40(27)2)39-32(28)37-26-17-25(18-26)35-22-36-34(13-14-34)21-42-3/h4-5,7-9,11,25-27H,6,10,12-21H2,1-3H3,(H,37,38,39)/t25-,26-,27-/m0/s1. The highest BCUT2D eigenvalue weighted by Crippen LogP contribution is 2.40. The molecule has 3 aromatic rings. The number of likely N-dealkylation sites (N-methyl/N-ethyl adjacent to an activating group) is 1. The Morgan fingerprint density at radius 1 is 1.12 bits per heavy atom. The molecule has 43 heavy (non-hydrogen) atoms. The van der Waals surface area contributed by atoms with Crippen molar-refractivity contribution in [2.24, 2.45) is 9.98 Å². The van der Waals surface area contributed by atoms with Crippen LogP contribution in [0.5, 0.6) is 6.01 Å². The highest BCUT2D eigenvalue weighted by molar-refractivity contribution is 5.97. The molecule has 3 fully saturated rings. The molecule has 226 valence electrons. The highest BCUT2D eigenvalue weighted by Gasteiger charge is 2.43. The van der Waals surface area contributed by atoms with Crippen LogP contribution in [0.15, 0.2) is 46.4 Å². The van der Waals surface area contributed by atoms with Gasteiger partial charge in [-0.05, 0) is 82.5 Å². The van der Waals surface area contributed by atoms with E-state index in [2.05, 4.69) is 81.5 Å². The maximum absolute atomic E-state index is 6.29. The molecular weight excluding hydrogens is 538 g/mol. The van der Waals surface area contributed by atoms with Crippen LogP contribution in [-0.2, 0) is 17.7 Å². The van der Waals surface area contributed by atoms with Crippen molar-refractivity contribution >= 4 is 28.3 Å². The Balaban J connectivity index is 1.10. The molecule has 0 bridgehead atoms. The van der Waals surface area contributed by atoms with Gasteiger partial charge in [-0.1, -0.05) is 30.3 Å². The van der Waals surface area contributed by atoms with E-state index in [1.165, 1.54) is 34.0 Å². The Bertz CT molecular complexity index is 1540. The monoisotopic (exact) mass is 581 g/mol. The number of aliphatic imine (C=N–C) groups is 2. The number of benzene rings is 2. The third-order valence-corrected chi connectivity index (χ3v) is 9.77. The maximum atomic E-state index is 6.29. The van der Waals surface area contributed by atoms with Crippen molar-refractivity contribution < 1.29 is 9.47 Å². The number of nitrogens with one attached hydrogen (secondary N) is 1. The number of hydrogen-bond donors (Lipinski definition) is 1. The number of aryl methyl sites for hydroxylation is 1. The van der Waals surface area contributed by atoms with Gasteiger partial charge in [-0.2, -0.15) is 9.97 Å². The second kappa shape index (κ2) is 11.9. The second-order valence-corrected chi connectivity index (χ2v) is 13.0. The quantitative estimate of drug-likeness (QED) is 0.327. The predicted octanol–water partition coefficient (Wildman–Crippen LogP) is 5.27. The predicted molar refractivity (Wildman–Crippen MR) is 171 cm³/mol. The molecule has 4 aliphatic rings. The number of ether oxygens (including phenoxy) is 2. The normalized spacial score (nSPS) is 24.2. The largest absolute Gasteiger partial charge is 0.462 e. The Morgan fingerprint density at radius 3 is 2.72 bits per heavy atom. The van der Waals surface area contributed by atoms with Crippen molar-refractivity contribution in [3.05, 3.63) is 53.2 Å². The minimum absolute atomic E-state index is 0.0675. The van der Waals surface area contributed by atoms with Gasteiger partial charge in [0.1, 0.15) is 12.4 Å². The minimum Gasteiger partial charge on any atom is -0.462 e. The molecule has 1 aromatic heterocycles. The Morgan fingerprint density at radius 2 is 1.95 bits per heavy atom. The van der Waals surface area contributed by atoms with Gasteiger partial charge in [0, 0.05) is 42.4 Å². The van der Waals surface area contributed by atoms with Crippen LogP contribution < -0.4 is 15.0 Å². The number of hydrogen-bond acceptors (Lipinski definition) is 9. The number of aromatic nitrogens is 2. The zero-order valence-corrected chi connectivity index (χ0v) is 25.7. The van der Waals surface area contributed by atoms with Crippen molar-refractivity contribution in [1.29, 1.82) is 0 Å². The van der Waals surface area contributed by atoms with E-state index in [9.17, 15) is 0 Å². The lowest BCUT2D eigenvalue weighted by Gasteiger charge is -2.35. The first-order chi connectivity index (χ1) is 21.0. The maximum Gasteiger partial charge on any atom is 0.318 e. The van der Waals surface area contributed by atoms with E-state index < -0.39 is 0 Å². The molecule has 0 amide bonds. The zero-order chi connectivity index (χ0) is 29.4. The van der Waals surface area contributed by atoms with Crippen LogP contribution in [0.3, 0.4) is 0 Å². The third-order valence-electron chi connectivity index (χ3n) is 9.77. The Hall–Kier alpha value is -3.52. The van der Waals surface area contributed by atoms with Gasteiger partial charge in [0.25, 0.3) is 0 Å². The van der Waals surface area contributed by atoms with Crippen LogP contribution in [0.25, 0.3) is 10.8 Å². The molecule has 0 spiro atoms. The van der Waals surface area contributed by atoms with Crippen LogP contribution in [0.4, 0.5) is 11.5 Å². The molecule has 0 unspecified atom stereocenters. The van der Waals surface area contributed by atoms with Crippen LogP contribution in [0.1, 0.15) is 55.3 Å². The SMILES string of the molecule is COCC1(N=C=N[C@H]2C[C@H](Nc3nc(OC[C@@H]4CCCN4C)nc4c3CCN(c3cccc5cccc(C)c35)C4)C2)CC1. The number of methoxy groups -OCH3 is 1. The molecule has 1 N–H and O–H groups in total. The summed E-state index contributed by atoms with van der Waals surface area (Å²) in [5.74, 6) is 0.923. The smallest absolute Gasteiger partial charge is 0.318 e. The second-order valence-electron chi connectivity index (χ2n) is 13.0. The van der Waals surface area contributed by atoms with Gasteiger partial charge in [0.15, 0.2) is 0 Å². The molecule has 3 heterocycles. The molecule has 9 nitrogen and oxygen atoms in total. The van der Waals surface area contributed by atoms with E-state index in [0.717, 1.165) is 69.7 Å². The topological polar surface area (TPSA) is 87.5 Å². The summed E-state index contributed by atoms with van der Waals surface area (Å²) >= 11 is 0. The Labute approximate surface area is 254 Å². The minimum atomic E-state index is -0.0675. The fourth-order valence-electron chi connectivity index (χ4n) is 6.85. The molecule has 1 atom stereocenters. The van der Waals surface area contributed by atoms with Crippen molar-refractivity contribution in [1.82, 2.24) is 14.9 Å². The summed E-state index contributed by atoms with van der Waals surface area (Å²) in [4.78, 5) is 24.0. The van der Waals surface area contributed by atoms with Gasteiger partial charge < -0.3 is 24.6 Å². The summed E-state index contributed by atoms with van der Waals surface area (Å²) in [5, 5.41) is 6.34. The van der Waals surface area contributed by atoms with Crippen LogP contribution in [0, 0.1) is 6.92 Å². The summed E-state index contributed by atoms with van der Waals surface area (Å²) < 4.78 is 11.6. The molecule has 2 aromatic carbocycles. The average Bonchev–Trinajstić information content (AvgIpc) is 3.63. The van der Waals surface area contributed by atoms with Gasteiger partial charge in [0.05, 0.1) is 36.4 Å². The van der Waals surface area contributed by atoms with Crippen molar-refractivity contribution in [3.8, 4) is 6.01 Å². The molecular formula is C34H43N7O2. The number of fused-ring (bicyclic) bond motifs is 2. The van der Waals surface area contributed by atoms with Crippen LogP contribution in [0.2, 0.25) is 0 Å². The van der Waals surface area contributed by atoms with E-state index in [4.69, 9.17) is 19.4 Å². The van der Waals surface area contributed by atoms with Gasteiger partial charge in [0.2, 0.25) is 0 Å². The van der Waals surface area contributed by atoms with Gasteiger partial charge in [-0.25, -0.2) is 9.98 Å². The van der Waals surface area contributed by atoms with E-state index in [1.54, 1.807) is 7.11 Å². The first kappa shape index (κ1) is 28.3. The van der Waals surface area contributed by atoms with Crippen molar-refractivity contribution in [2.45, 2.75) is 82.1 Å². The summed E-state index contributed by atoms with van der Waals surface area (Å²) in [6.07, 6.45) is 7.28. The molecule has 1 saturated heterocycles. The highest BCUT2D eigenvalue weighted by atomic mass is 16.5. The first-order valence-electron chi connectivity index (χ1n) is 15.9. The molecule has 2 aliphatic heterocycles. The number of rotatable bonds is 10. The molecule has 7 rings (SSSR count). The summed E-state index contributed by atoms with van der Waals surface area (Å²) in [5.41, 5.74) is 4.76. The van der Waals surface area contributed by atoms with E-state index in [1.807, 2.05) is 0 Å². The summed E-state index contributed by atoms with van der Waals surface area (Å²) in [7, 11) is 3.90. The average molecular weight is 582 g/mol. The molecule has 9 heteroatoms. The van der Waals surface area contributed by atoms with Crippen molar-refractivity contribution in [3.63, 3.8) is 0 Å². The first-order valence-corrected chi connectivity index (χ1v) is 15.9. The van der Waals surface area contributed by atoms with Crippen LogP contribution >= 0.6 is 0 Å². The fraction of sp³-hybridized carbons (Fsp3) is 0.559. The number of nitrogens with zero attached hydrogens (tertiary/aromatic N) is 6. The van der Waals surface area contributed by atoms with E-state index in [0.29, 0.717) is 31.3 Å². The van der Waals surface area contributed by atoms with Crippen LogP contribution in [-0.4, -0.2) is 85.0 Å².